The zero-order chi connectivity index (χ0) is 32.1. The minimum absolute atomic E-state index is 0.118. The summed E-state index contributed by atoms with van der Waals surface area (Å²) in [6.45, 7) is 0. The van der Waals surface area contributed by atoms with Crippen LogP contribution < -0.4 is 10.6 Å². The topological polar surface area (TPSA) is 61.1 Å². The first-order valence-corrected chi connectivity index (χ1v) is 17.0. The van der Waals surface area contributed by atoms with Crippen LogP contribution >= 0.6 is 0 Å². The molecule has 0 radical (unpaired) electrons. The molecule has 2 N–H and O–H groups in total. The second kappa shape index (κ2) is 13.7. The number of nitrogens with one attached hydrogen (secondary N) is 2. The van der Waals surface area contributed by atoms with Crippen molar-refractivity contribution in [1.29, 1.82) is 0 Å². The summed E-state index contributed by atoms with van der Waals surface area (Å²) >= 11 is 0. The molecule has 4 atom stereocenters. The van der Waals surface area contributed by atoms with E-state index < -0.39 is 0 Å². The Morgan fingerprint density at radius 3 is 2.06 bits per heavy atom. The summed E-state index contributed by atoms with van der Waals surface area (Å²) in [5, 5.41) is 7.54. The van der Waals surface area contributed by atoms with Crippen molar-refractivity contribution >= 4 is 23.0 Å². The highest BCUT2D eigenvalue weighted by molar-refractivity contribution is 6.33. The number of nitrogens with zero attached hydrogens (tertiary/aromatic N) is 3. The maximum Gasteiger partial charge on any atom is 0.165 e. The molecule has 48 heavy (non-hydrogen) atoms. The number of amidine groups is 2. The first-order chi connectivity index (χ1) is 23.8. The van der Waals surface area contributed by atoms with Crippen LogP contribution in [0.5, 0.6) is 0 Å². The van der Waals surface area contributed by atoms with Crippen molar-refractivity contribution in [3.63, 3.8) is 0 Å². The third-order valence-electron chi connectivity index (χ3n) is 9.50. The molecule has 8 rings (SSSR count). The van der Waals surface area contributed by atoms with Crippen molar-refractivity contribution in [3.05, 3.63) is 185 Å². The normalized spacial score (nSPS) is 24.9. The summed E-state index contributed by atoms with van der Waals surface area (Å²) in [4.78, 5) is 15.7. The lowest BCUT2D eigenvalue weighted by molar-refractivity contribution is 0.591. The van der Waals surface area contributed by atoms with Crippen molar-refractivity contribution in [2.45, 2.75) is 38.0 Å². The van der Waals surface area contributed by atoms with Gasteiger partial charge in [0.1, 0.15) is 17.8 Å². The van der Waals surface area contributed by atoms with Gasteiger partial charge in [-0.25, -0.2) is 9.98 Å². The Kier molecular flexibility index (Phi) is 8.49. The van der Waals surface area contributed by atoms with Crippen LogP contribution in [0.2, 0.25) is 0 Å². The van der Waals surface area contributed by atoms with Crippen molar-refractivity contribution in [2.75, 3.05) is 0 Å². The number of benzene rings is 3. The maximum atomic E-state index is 5.45. The van der Waals surface area contributed by atoms with Gasteiger partial charge in [-0.05, 0) is 42.4 Å². The van der Waals surface area contributed by atoms with E-state index in [1.807, 2.05) is 6.07 Å². The fourth-order valence-electron chi connectivity index (χ4n) is 6.97. The molecule has 236 valence electrons. The van der Waals surface area contributed by atoms with E-state index in [1.54, 1.807) is 0 Å². The van der Waals surface area contributed by atoms with Crippen LogP contribution in [-0.2, 0) is 0 Å². The molecule has 0 fully saturated rings. The molecular weight excluding hydrogens is 587 g/mol. The monoisotopic (exact) mass is 625 g/mol. The zero-order valence-electron chi connectivity index (χ0n) is 26.9. The summed E-state index contributed by atoms with van der Waals surface area (Å²) in [6, 6.07) is 31.7. The molecule has 4 unspecified atom stereocenters. The van der Waals surface area contributed by atoms with Crippen molar-refractivity contribution in [3.8, 4) is 0 Å². The summed E-state index contributed by atoms with van der Waals surface area (Å²) in [5.74, 6) is 2.20. The number of allylic oxidation sites excluding steroid dienone is 9. The van der Waals surface area contributed by atoms with Gasteiger partial charge in [-0.1, -0.05) is 152 Å². The number of rotatable bonds is 7. The highest BCUT2D eigenvalue weighted by Gasteiger charge is 2.32. The molecule has 3 aliphatic carbocycles. The average Bonchev–Trinajstić information content (AvgIpc) is 3.19. The molecule has 3 aromatic carbocycles. The summed E-state index contributed by atoms with van der Waals surface area (Å²) in [5.41, 5.74) is 9.23. The van der Waals surface area contributed by atoms with Gasteiger partial charge in [-0.15, -0.1) is 0 Å². The van der Waals surface area contributed by atoms with Crippen LogP contribution in [0.4, 0.5) is 0 Å². The Morgan fingerprint density at radius 1 is 0.646 bits per heavy atom. The lowest BCUT2D eigenvalue weighted by Gasteiger charge is -2.34. The number of aliphatic imine (C=N–C) groups is 3. The van der Waals surface area contributed by atoms with E-state index in [0.29, 0.717) is 0 Å². The van der Waals surface area contributed by atoms with E-state index >= 15 is 0 Å². The highest BCUT2D eigenvalue weighted by atomic mass is 15.2. The Labute approximate surface area is 283 Å². The van der Waals surface area contributed by atoms with E-state index in [4.69, 9.17) is 15.0 Å². The zero-order valence-corrected chi connectivity index (χ0v) is 26.9. The minimum Gasteiger partial charge on any atom is -0.362 e. The van der Waals surface area contributed by atoms with Gasteiger partial charge in [-0.3, -0.25) is 4.99 Å². The average molecular weight is 626 g/mol. The van der Waals surface area contributed by atoms with Gasteiger partial charge in [0, 0.05) is 34.2 Å². The SMILES string of the molecule is C1=CCCC(C2N=C(c3ccccc3)NC(C3C=CC(C4N=C(c5ccccc5)C(c5ccccc5)=C(C5C=CC=CC5)N4)=CC3)=N2)=C1. The molecule has 2 heterocycles. The third-order valence-corrected chi connectivity index (χ3v) is 9.50. The van der Waals surface area contributed by atoms with Crippen LogP contribution in [0.15, 0.2) is 184 Å². The highest BCUT2D eigenvalue weighted by Crippen LogP contribution is 2.36. The van der Waals surface area contributed by atoms with Gasteiger partial charge in [-0.2, -0.15) is 0 Å². The van der Waals surface area contributed by atoms with Crippen molar-refractivity contribution in [1.82, 2.24) is 10.6 Å². The molecule has 0 bridgehead atoms. The van der Waals surface area contributed by atoms with Crippen molar-refractivity contribution < 1.29 is 0 Å². The van der Waals surface area contributed by atoms with E-state index in [-0.39, 0.29) is 24.2 Å². The minimum atomic E-state index is -0.208. The predicted molar refractivity (Wildman–Crippen MR) is 199 cm³/mol. The fraction of sp³-hybridized carbons (Fsp3) is 0.186. The molecule has 0 saturated carbocycles. The van der Waals surface area contributed by atoms with Gasteiger partial charge in [0.15, 0.2) is 6.17 Å². The Bertz CT molecular complexity index is 1970. The lowest BCUT2D eigenvalue weighted by atomic mass is 9.84. The number of hydrogen-bond donors (Lipinski definition) is 2. The summed E-state index contributed by atoms with van der Waals surface area (Å²) in [7, 11) is 0. The molecule has 0 saturated heterocycles. The Balaban J connectivity index is 1.11. The molecule has 5 nitrogen and oxygen atoms in total. The Hall–Kier alpha value is -5.55. The summed E-state index contributed by atoms with van der Waals surface area (Å²) < 4.78 is 0. The molecular formula is C43H39N5. The molecule has 5 heteroatoms. The van der Waals surface area contributed by atoms with Crippen LogP contribution in [0.25, 0.3) is 5.57 Å². The first kappa shape index (κ1) is 29.8. The second-order valence-corrected chi connectivity index (χ2v) is 12.7. The van der Waals surface area contributed by atoms with Crippen LogP contribution in [0.3, 0.4) is 0 Å². The molecule has 0 amide bonds. The van der Waals surface area contributed by atoms with Gasteiger partial charge in [0.25, 0.3) is 0 Å². The summed E-state index contributed by atoms with van der Waals surface area (Å²) in [6.07, 6.45) is 25.7. The van der Waals surface area contributed by atoms with Gasteiger partial charge < -0.3 is 10.6 Å². The standard InChI is InChI=1S/C43H39N5/c1-6-16-30(17-7-1)37-38(31-18-8-2-9-19-31)44-40(45-39(37)32-20-10-3-11-21-32)35-26-28-36(29-27-35)43-47-41(33-22-12-4-13-23-33)46-42(48-43)34-24-14-5-15-25-34/h1-14,16-20,22-24,26-28,32,36,40,42,45H,15,21,25,29H2,(H,46,47,48). The second-order valence-electron chi connectivity index (χ2n) is 12.7. The van der Waals surface area contributed by atoms with Crippen molar-refractivity contribution in [2.24, 2.45) is 26.8 Å². The largest absolute Gasteiger partial charge is 0.362 e. The van der Waals surface area contributed by atoms with E-state index in [1.165, 1.54) is 28.0 Å². The third kappa shape index (κ3) is 6.24. The maximum absolute atomic E-state index is 5.45. The van der Waals surface area contributed by atoms with E-state index in [0.717, 1.165) is 54.2 Å². The number of hydrogen-bond acceptors (Lipinski definition) is 5. The van der Waals surface area contributed by atoms with E-state index in [2.05, 4.69) is 156 Å². The van der Waals surface area contributed by atoms with Crippen LogP contribution in [-0.4, -0.2) is 29.7 Å². The fourth-order valence-corrected chi connectivity index (χ4v) is 6.97. The predicted octanol–water partition coefficient (Wildman–Crippen LogP) is 8.50. The van der Waals surface area contributed by atoms with Gasteiger partial charge in [0.2, 0.25) is 0 Å². The van der Waals surface area contributed by atoms with E-state index in [9.17, 15) is 0 Å². The molecule has 0 aromatic heterocycles. The molecule has 3 aromatic rings. The van der Waals surface area contributed by atoms with Crippen LogP contribution in [0.1, 0.15) is 42.4 Å². The van der Waals surface area contributed by atoms with Crippen LogP contribution in [0, 0.1) is 11.8 Å². The first-order valence-electron chi connectivity index (χ1n) is 17.0. The smallest absolute Gasteiger partial charge is 0.165 e. The quantitative estimate of drug-likeness (QED) is 0.277. The Morgan fingerprint density at radius 2 is 1.40 bits per heavy atom. The molecule has 2 aliphatic heterocycles. The lowest BCUT2D eigenvalue weighted by Crippen LogP contribution is -2.42. The van der Waals surface area contributed by atoms with Gasteiger partial charge >= 0.3 is 0 Å². The molecule has 5 aliphatic rings. The molecule has 0 spiro atoms. The van der Waals surface area contributed by atoms with Gasteiger partial charge in [0.05, 0.1) is 5.71 Å².